The first-order valence-corrected chi connectivity index (χ1v) is 7.95. The van der Waals surface area contributed by atoms with Crippen molar-refractivity contribution in [3.63, 3.8) is 0 Å². The summed E-state index contributed by atoms with van der Waals surface area (Å²) >= 11 is 0. The fraction of sp³-hybridized carbons (Fsp3) is 0.200. The van der Waals surface area contributed by atoms with Crippen LogP contribution in [0.3, 0.4) is 0 Å². The van der Waals surface area contributed by atoms with Gasteiger partial charge in [-0.1, -0.05) is 12.1 Å². The second kappa shape index (κ2) is 8.53. The van der Waals surface area contributed by atoms with Gasteiger partial charge in [0.25, 0.3) is 0 Å². The van der Waals surface area contributed by atoms with E-state index in [2.05, 4.69) is 0 Å². The predicted molar refractivity (Wildman–Crippen MR) is 93.4 cm³/mol. The summed E-state index contributed by atoms with van der Waals surface area (Å²) in [5.74, 6) is -0.652. The molecule has 0 fully saturated rings. The third-order valence-electron chi connectivity index (χ3n) is 3.66. The second-order valence-electron chi connectivity index (χ2n) is 5.63. The molecule has 0 spiro atoms. The zero-order valence-corrected chi connectivity index (χ0v) is 14.6. The van der Waals surface area contributed by atoms with Crippen LogP contribution in [-0.2, 0) is 15.7 Å². The number of esters is 1. The van der Waals surface area contributed by atoms with Crippen LogP contribution in [0, 0.1) is 0 Å². The Balaban J connectivity index is 1.99. The number of carbonyl (C=O) groups excluding carboxylic acids is 2. The molecule has 0 saturated heterocycles. The predicted octanol–water partition coefficient (Wildman–Crippen LogP) is 4.54. The van der Waals surface area contributed by atoms with E-state index in [-0.39, 0.29) is 5.56 Å². The smallest absolute Gasteiger partial charge is 0.416 e. The number of ketones is 1. The number of methoxy groups -OCH3 is 1. The minimum absolute atomic E-state index is 0.191. The Hall–Kier alpha value is -3.09. The number of ether oxygens (including phenoxy) is 2. The minimum atomic E-state index is -4.47. The van der Waals surface area contributed by atoms with Crippen molar-refractivity contribution < 1.29 is 32.2 Å². The van der Waals surface area contributed by atoms with E-state index >= 15 is 0 Å². The highest BCUT2D eigenvalue weighted by atomic mass is 19.4. The molecule has 2 aromatic rings. The maximum Gasteiger partial charge on any atom is 0.416 e. The molecule has 0 aliphatic rings. The van der Waals surface area contributed by atoms with E-state index in [9.17, 15) is 22.8 Å². The Morgan fingerprint density at radius 1 is 1.07 bits per heavy atom. The van der Waals surface area contributed by atoms with Crippen LogP contribution in [0.1, 0.15) is 28.4 Å². The van der Waals surface area contributed by atoms with E-state index in [0.29, 0.717) is 11.3 Å². The molecule has 0 bridgehead atoms. The van der Waals surface area contributed by atoms with Crippen molar-refractivity contribution >= 4 is 17.8 Å². The molecule has 1 atom stereocenters. The third kappa shape index (κ3) is 5.70. The average molecular weight is 378 g/mol. The van der Waals surface area contributed by atoms with Crippen molar-refractivity contribution in [2.45, 2.75) is 19.2 Å². The highest BCUT2D eigenvalue weighted by Crippen LogP contribution is 2.29. The lowest BCUT2D eigenvalue weighted by atomic mass is 10.1. The van der Waals surface area contributed by atoms with E-state index in [1.165, 1.54) is 32.2 Å². The van der Waals surface area contributed by atoms with Crippen molar-refractivity contribution in [1.82, 2.24) is 0 Å². The van der Waals surface area contributed by atoms with Gasteiger partial charge in [0.05, 0.1) is 12.7 Å². The molecule has 0 aliphatic carbocycles. The average Bonchev–Trinajstić information content (AvgIpc) is 2.65. The first-order chi connectivity index (χ1) is 12.7. The summed E-state index contributed by atoms with van der Waals surface area (Å²) in [5.41, 5.74) is -0.282. The van der Waals surface area contributed by atoms with E-state index < -0.39 is 29.6 Å². The highest BCUT2D eigenvalue weighted by Gasteiger charge is 2.30. The van der Waals surface area contributed by atoms with Crippen LogP contribution >= 0.6 is 0 Å². The molecule has 0 heterocycles. The SMILES string of the molecule is COc1ccc(C(=O)C(C)OC(=O)C=Cc2cccc(C(F)(F)F)c2)cc1. The van der Waals surface area contributed by atoms with Crippen molar-refractivity contribution in [2.24, 2.45) is 0 Å². The Bertz CT molecular complexity index is 839. The van der Waals surface area contributed by atoms with Crippen LogP contribution in [0.4, 0.5) is 13.2 Å². The molecule has 0 aromatic heterocycles. The van der Waals surface area contributed by atoms with E-state index in [1.54, 1.807) is 24.3 Å². The number of hydrogen-bond donors (Lipinski definition) is 0. The molecular formula is C20H17F3O4. The lowest BCUT2D eigenvalue weighted by Crippen LogP contribution is -2.23. The minimum Gasteiger partial charge on any atom is -0.497 e. The quantitative estimate of drug-likeness (QED) is 0.421. The number of hydrogen-bond acceptors (Lipinski definition) is 4. The topological polar surface area (TPSA) is 52.6 Å². The van der Waals surface area contributed by atoms with Gasteiger partial charge in [0.15, 0.2) is 6.10 Å². The Kier molecular flexibility index (Phi) is 6.39. The Morgan fingerprint density at radius 2 is 1.74 bits per heavy atom. The molecule has 27 heavy (non-hydrogen) atoms. The fourth-order valence-electron chi connectivity index (χ4n) is 2.24. The van der Waals surface area contributed by atoms with Gasteiger partial charge in [0.1, 0.15) is 5.75 Å². The molecule has 0 radical (unpaired) electrons. The summed E-state index contributed by atoms with van der Waals surface area (Å²) in [4.78, 5) is 24.1. The van der Waals surface area contributed by atoms with Gasteiger partial charge in [-0.25, -0.2) is 4.79 Å². The molecule has 2 rings (SSSR count). The van der Waals surface area contributed by atoms with Crippen LogP contribution in [0.15, 0.2) is 54.6 Å². The normalized spacial score (nSPS) is 12.6. The van der Waals surface area contributed by atoms with Gasteiger partial charge in [0.2, 0.25) is 5.78 Å². The van der Waals surface area contributed by atoms with Gasteiger partial charge >= 0.3 is 12.1 Å². The standard InChI is InChI=1S/C20H17F3O4/c1-13(19(25)15-7-9-17(26-2)10-8-15)27-18(24)11-6-14-4-3-5-16(12-14)20(21,22)23/h3-13H,1-2H3. The van der Waals surface area contributed by atoms with Crippen LogP contribution in [0.25, 0.3) is 6.08 Å². The van der Waals surface area contributed by atoms with Crippen LogP contribution in [0.2, 0.25) is 0 Å². The molecule has 142 valence electrons. The third-order valence-corrected chi connectivity index (χ3v) is 3.66. The summed E-state index contributed by atoms with van der Waals surface area (Å²) in [6.07, 6.45) is -3.34. The van der Waals surface area contributed by atoms with Crippen LogP contribution in [0.5, 0.6) is 5.75 Å². The summed E-state index contributed by atoms with van der Waals surface area (Å²) in [5, 5.41) is 0. The van der Waals surface area contributed by atoms with Gasteiger partial charge < -0.3 is 9.47 Å². The molecule has 1 unspecified atom stereocenters. The lowest BCUT2D eigenvalue weighted by molar-refractivity contribution is -0.140. The van der Waals surface area contributed by atoms with Crippen LogP contribution in [-0.4, -0.2) is 25.0 Å². The van der Waals surface area contributed by atoms with Crippen molar-refractivity contribution in [2.75, 3.05) is 7.11 Å². The highest BCUT2D eigenvalue weighted by molar-refractivity contribution is 6.01. The van der Waals surface area contributed by atoms with Gasteiger partial charge in [-0.15, -0.1) is 0 Å². The zero-order chi connectivity index (χ0) is 20.0. The van der Waals surface area contributed by atoms with Gasteiger partial charge in [-0.3, -0.25) is 4.79 Å². The lowest BCUT2D eigenvalue weighted by Gasteiger charge is -2.11. The van der Waals surface area contributed by atoms with Crippen molar-refractivity contribution in [1.29, 1.82) is 0 Å². The summed E-state index contributed by atoms with van der Waals surface area (Å²) in [6, 6.07) is 10.8. The summed E-state index contributed by atoms with van der Waals surface area (Å²) in [7, 11) is 1.50. The van der Waals surface area contributed by atoms with Gasteiger partial charge in [-0.2, -0.15) is 13.2 Å². The van der Waals surface area contributed by atoms with Crippen LogP contribution < -0.4 is 4.74 Å². The number of benzene rings is 2. The number of carbonyl (C=O) groups is 2. The number of Topliss-reactive ketones (excluding diaryl/α,β-unsaturated/α-hetero) is 1. The molecule has 0 amide bonds. The largest absolute Gasteiger partial charge is 0.497 e. The molecule has 0 saturated carbocycles. The monoisotopic (exact) mass is 378 g/mol. The van der Waals surface area contributed by atoms with E-state index in [0.717, 1.165) is 18.2 Å². The molecule has 4 nitrogen and oxygen atoms in total. The Labute approximate surface area is 154 Å². The maximum absolute atomic E-state index is 12.7. The number of halogens is 3. The van der Waals surface area contributed by atoms with Gasteiger partial charge in [-0.05, 0) is 55.0 Å². The molecular weight excluding hydrogens is 361 g/mol. The van der Waals surface area contributed by atoms with E-state index in [4.69, 9.17) is 9.47 Å². The molecule has 0 aliphatic heterocycles. The first kappa shape index (κ1) is 20.2. The van der Waals surface area contributed by atoms with E-state index in [1.807, 2.05) is 0 Å². The fourth-order valence-corrected chi connectivity index (χ4v) is 2.24. The number of rotatable bonds is 6. The summed E-state index contributed by atoms with van der Waals surface area (Å²) in [6.45, 7) is 1.42. The maximum atomic E-state index is 12.7. The molecule has 0 N–H and O–H groups in total. The molecule has 2 aromatic carbocycles. The summed E-state index contributed by atoms with van der Waals surface area (Å²) < 4.78 is 48.0. The van der Waals surface area contributed by atoms with Crippen molar-refractivity contribution in [3.05, 3.63) is 71.3 Å². The Morgan fingerprint density at radius 3 is 2.33 bits per heavy atom. The van der Waals surface area contributed by atoms with Gasteiger partial charge in [0, 0.05) is 11.6 Å². The van der Waals surface area contributed by atoms with Crippen molar-refractivity contribution in [3.8, 4) is 5.75 Å². The number of alkyl halides is 3. The second-order valence-corrected chi connectivity index (χ2v) is 5.63. The first-order valence-electron chi connectivity index (χ1n) is 7.95. The molecule has 7 heteroatoms. The zero-order valence-electron chi connectivity index (χ0n) is 14.6.